The molecule has 1 aromatic carbocycles. The number of carbonyl (C=O) groups is 1. The van der Waals surface area contributed by atoms with Crippen LogP contribution in [0.15, 0.2) is 23.4 Å². The zero-order chi connectivity index (χ0) is 14.5. The molecule has 20 heavy (non-hydrogen) atoms. The quantitative estimate of drug-likeness (QED) is 0.732. The number of amides is 1. The number of thioether (sulfide) groups is 1. The van der Waals surface area contributed by atoms with Crippen LogP contribution in [0, 0.1) is 0 Å². The Morgan fingerprint density at radius 1 is 1.40 bits per heavy atom. The van der Waals surface area contributed by atoms with Gasteiger partial charge in [-0.1, -0.05) is 41.0 Å². The number of H-pyrrole nitrogens is 1. The first-order valence-corrected chi connectivity index (χ1v) is 7.35. The zero-order valence-corrected chi connectivity index (χ0v) is 12.5. The van der Waals surface area contributed by atoms with E-state index in [1.54, 1.807) is 18.2 Å². The van der Waals surface area contributed by atoms with Gasteiger partial charge in [0, 0.05) is 12.2 Å². The van der Waals surface area contributed by atoms with Crippen LogP contribution in [0.4, 0.5) is 11.6 Å². The largest absolute Gasteiger partial charge is 0.368 e. The lowest BCUT2D eigenvalue weighted by atomic mass is 10.3. The van der Waals surface area contributed by atoms with Gasteiger partial charge in [0.05, 0.1) is 15.7 Å². The van der Waals surface area contributed by atoms with E-state index in [2.05, 4.69) is 20.5 Å². The predicted molar refractivity (Wildman–Crippen MR) is 81.2 cm³/mol. The number of nitrogens with one attached hydrogen (secondary N) is 2. The first-order valence-electron chi connectivity index (χ1n) is 5.61. The van der Waals surface area contributed by atoms with E-state index >= 15 is 0 Å². The molecule has 0 unspecified atom stereocenters. The highest BCUT2D eigenvalue weighted by Crippen LogP contribution is 2.29. The molecule has 0 spiro atoms. The van der Waals surface area contributed by atoms with Crippen LogP contribution in [0.2, 0.25) is 10.0 Å². The molecule has 9 heteroatoms. The van der Waals surface area contributed by atoms with Gasteiger partial charge in [0.1, 0.15) is 0 Å². The Kier molecular flexibility index (Phi) is 5.11. The Balaban J connectivity index is 1.84. The summed E-state index contributed by atoms with van der Waals surface area (Å²) in [5.41, 5.74) is 5.82. The lowest BCUT2D eigenvalue weighted by Crippen LogP contribution is -2.12. The van der Waals surface area contributed by atoms with E-state index in [9.17, 15) is 4.79 Å². The highest BCUT2D eigenvalue weighted by Gasteiger charge is 2.10. The van der Waals surface area contributed by atoms with Crippen LogP contribution in [0.3, 0.4) is 0 Å². The number of carbonyl (C=O) groups excluding carboxylic acids is 1. The monoisotopic (exact) mass is 331 g/mol. The van der Waals surface area contributed by atoms with Gasteiger partial charge in [0.15, 0.2) is 0 Å². The molecule has 1 amide bonds. The Labute approximate surface area is 129 Å². The average Bonchev–Trinajstić information content (AvgIpc) is 2.80. The second-order valence-corrected chi connectivity index (χ2v) is 5.62. The van der Waals surface area contributed by atoms with Crippen LogP contribution in [-0.4, -0.2) is 26.8 Å². The first-order chi connectivity index (χ1) is 9.56. The maximum absolute atomic E-state index is 11.8. The van der Waals surface area contributed by atoms with Crippen molar-refractivity contribution >= 4 is 52.5 Å². The van der Waals surface area contributed by atoms with Gasteiger partial charge in [-0.15, -0.1) is 5.10 Å². The summed E-state index contributed by atoms with van der Waals surface area (Å²) in [6.45, 7) is 0. The number of aromatic nitrogens is 3. The standard InChI is InChI=1S/C11H11Cl2N5OS/c12-6-2-1-3-7(13)9(6)15-8(19)4-5-20-11-16-10(14)17-18-11/h1-3H,4-5H2,(H,15,19)(H3,14,16,17,18). The molecule has 2 aromatic rings. The van der Waals surface area contributed by atoms with Crippen molar-refractivity contribution in [2.75, 3.05) is 16.8 Å². The van der Waals surface area contributed by atoms with E-state index in [-0.39, 0.29) is 18.3 Å². The minimum Gasteiger partial charge on any atom is -0.368 e. The fraction of sp³-hybridized carbons (Fsp3) is 0.182. The van der Waals surface area contributed by atoms with E-state index in [1.165, 1.54) is 11.8 Å². The van der Waals surface area contributed by atoms with E-state index in [0.29, 0.717) is 26.6 Å². The molecule has 0 saturated carbocycles. The van der Waals surface area contributed by atoms with Crippen LogP contribution in [0.5, 0.6) is 0 Å². The molecule has 0 aliphatic carbocycles. The molecule has 2 rings (SSSR count). The van der Waals surface area contributed by atoms with Gasteiger partial charge in [-0.2, -0.15) is 4.98 Å². The molecular formula is C11H11Cl2N5OS. The van der Waals surface area contributed by atoms with E-state index in [4.69, 9.17) is 28.9 Å². The third kappa shape index (κ3) is 4.03. The molecule has 0 saturated heterocycles. The number of nitrogens with zero attached hydrogens (tertiary/aromatic N) is 2. The number of hydrogen-bond donors (Lipinski definition) is 3. The summed E-state index contributed by atoms with van der Waals surface area (Å²) in [6.07, 6.45) is 0.278. The van der Waals surface area contributed by atoms with Crippen molar-refractivity contribution in [3.63, 3.8) is 0 Å². The van der Waals surface area contributed by atoms with Crippen molar-refractivity contribution in [1.82, 2.24) is 15.2 Å². The Bertz CT molecular complexity index is 598. The minimum absolute atomic E-state index is 0.184. The number of benzene rings is 1. The van der Waals surface area contributed by atoms with Crippen LogP contribution in [-0.2, 0) is 4.79 Å². The lowest BCUT2D eigenvalue weighted by molar-refractivity contribution is -0.115. The molecule has 0 fully saturated rings. The minimum atomic E-state index is -0.184. The fourth-order valence-corrected chi connectivity index (χ4v) is 2.61. The summed E-state index contributed by atoms with van der Waals surface area (Å²) < 4.78 is 0. The number of anilines is 2. The molecule has 106 valence electrons. The molecule has 0 radical (unpaired) electrons. The molecular weight excluding hydrogens is 321 g/mol. The van der Waals surface area contributed by atoms with E-state index in [0.717, 1.165) is 0 Å². The normalized spacial score (nSPS) is 10.5. The van der Waals surface area contributed by atoms with E-state index < -0.39 is 0 Å². The van der Waals surface area contributed by atoms with Gasteiger partial charge < -0.3 is 11.1 Å². The molecule has 0 aliphatic heterocycles. The molecule has 0 atom stereocenters. The Morgan fingerprint density at radius 3 is 2.70 bits per heavy atom. The van der Waals surface area contributed by atoms with E-state index in [1.807, 2.05) is 0 Å². The summed E-state index contributed by atoms with van der Waals surface area (Å²) in [6, 6.07) is 5.03. The van der Waals surface area contributed by atoms with Gasteiger partial charge in [0.25, 0.3) is 0 Å². The zero-order valence-electron chi connectivity index (χ0n) is 10.2. The summed E-state index contributed by atoms with van der Waals surface area (Å²) in [5, 5.41) is 10.4. The summed E-state index contributed by atoms with van der Waals surface area (Å²) >= 11 is 13.3. The number of nitrogen functional groups attached to an aromatic ring is 1. The second kappa shape index (κ2) is 6.83. The molecule has 1 aromatic heterocycles. The maximum atomic E-state index is 11.8. The number of para-hydroxylation sites is 1. The van der Waals surface area contributed by atoms with Gasteiger partial charge in [-0.3, -0.25) is 4.79 Å². The number of nitrogens with two attached hydrogens (primary N) is 1. The summed E-state index contributed by atoms with van der Waals surface area (Å²) in [7, 11) is 0. The molecule has 6 nitrogen and oxygen atoms in total. The molecule has 4 N–H and O–H groups in total. The third-order valence-electron chi connectivity index (χ3n) is 2.27. The Morgan fingerprint density at radius 2 is 2.10 bits per heavy atom. The number of hydrogen-bond acceptors (Lipinski definition) is 5. The number of aromatic amines is 1. The summed E-state index contributed by atoms with van der Waals surface area (Å²) in [4.78, 5) is 15.7. The Hall–Kier alpha value is -1.44. The van der Waals surface area contributed by atoms with Gasteiger partial charge in [-0.05, 0) is 12.1 Å². The van der Waals surface area contributed by atoms with Crippen molar-refractivity contribution in [2.45, 2.75) is 11.6 Å². The molecule has 0 bridgehead atoms. The second-order valence-electron chi connectivity index (χ2n) is 3.75. The van der Waals surface area contributed by atoms with Gasteiger partial charge >= 0.3 is 0 Å². The number of halogens is 2. The highest BCUT2D eigenvalue weighted by molar-refractivity contribution is 7.99. The van der Waals surface area contributed by atoms with Crippen molar-refractivity contribution in [3.8, 4) is 0 Å². The van der Waals surface area contributed by atoms with Crippen LogP contribution in [0.25, 0.3) is 0 Å². The van der Waals surface area contributed by atoms with Crippen molar-refractivity contribution in [2.24, 2.45) is 0 Å². The highest BCUT2D eigenvalue weighted by atomic mass is 35.5. The lowest BCUT2D eigenvalue weighted by Gasteiger charge is -2.08. The molecule has 0 aliphatic rings. The van der Waals surface area contributed by atoms with Crippen LogP contribution < -0.4 is 11.1 Å². The van der Waals surface area contributed by atoms with Crippen molar-refractivity contribution in [1.29, 1.82) is 0 Å². The fourth-order valence-electron chi connectivity index (χ4n) is 1.38. The number of rotatable bonds is 5. The predicted octanol–water partition coefficient (Wildman–Crippen LogP) is 2.81. The SMILES string of the molecule is Nc1nc(SCCC(=O)Nc2c(Cl)cccc2Cl)n[nH]1. The third-order valence-corrected chi connectivity index (χ3v) is 3.75. The van der Waals surface area contributed by atoms with Crippen LogP contribution in [0.1, 0.15) is 6.42 Å². The summed E-state index contributed by atoms with van der Waals surface area (Å²) in [5.74, 6) is 0.585. The maximum Gasteiger partial charge on any atom is 0.225 e. The smallest absolute Gasteiger partial charge is 0.225 e. The average molecular weight is 332 g/mol. The van der Waals surface area contributed by atoms with Crippen molar-refractivity contribution in [3.05, 3.63) is 28.2 Å². The van der Waals surface area contributed by atoms with Gasteiger partial charge in [0.2, 0.25) is 17.0 Å². The van der Waals surface area contributed by atoms with Gasteiger partial charge in [-0.25, -0.2) is 5.10 Å². The first kappa shape index (κ1) is 15.0. The topological polar surface area (TPSA) is 96.7 Å². The molecule has 1 heterocycles. The van der Waals surface area contributed by atoms with Crippen LogP contribution >= 0.6 is 35.0 Å². The van der Waals surface area contributed by atoms with Crippen molar-refractivity contribution < 1.29 is 4.79 Å².